The quantitative estimate of drug-likeness (QED) is 0.797. The van der Waals surface area contributed by atoms with Gasteiger partial charge in [0, 0.05) is 24.5 Å². The zero-order valence-electron chi connectivity index (χ0n) is 10.9. The van der Waals surface area contributed by atoms with Crippen molar-refractivity contribution in [2.45, 2.75) is 6.42 Å². The molecular weight excluding hydrogens is 278 g/mol. The molecule has 104 valence electrons. The van der Waals surface area contributed by atoms with Gasteiger partial charge in [0.1, 0.15) is 6.73 Å². The summed E-state index contributed by atoms with van der Waals surface area (Å²) in [6, 6.07) is 7.74. The Morgan fingerprint density at radius 1 is 1.25 bits per heavy atom. The molecule has 0 N–H and O–H groups in total. The molecule has 1 aromatic heterocycles. The molecule has 0 saturated carbocycles. The van der Waals surface area contributed by atoms with Gasteiger partial charge in [-0.2, -0.15) is 8.42 Å². The van der Waals surface area contributed by atoms with Gasteiger partial charge < -0.3 is 0 Å². The van der Waals surface area contributed by atoms with Crippen LogP contribution in [0.3, 0.4) is 0 Å². The van der Waals surface area contributed by atoms with Crippen molar-refractivity contribution in [2.24, 2.45) is 0 Å². The summed E-state index contributed by atoms with van der Waals surface area (Å²) in [5.41, 5.74) is 2.77. The Kier molecular flexibility index (Phi) is 3.15. The Morgan fingerprint density at radius 3 is 2.80 bits per heavy atom. The fraction of sp³-hybridized carbons (Fsp3) is 0.231. The molecular formula is C13H13N3O3S. The SMILES string of the molecule is CS(=O)(=O)OCN1c2ccccc2Cc2nccnc21. The molecule has 6 nitrogen and oxygen atoms in total. The van der Waals surface area contributed by atoms with E-state index in [1.165, 1.54) is 0 Å². The summed E-state index contributed by atoms with van der Waals surface area (Å²) >= 11 is 0. The summed E-state index contributed by atoms with van der Waals surface area (Å²) in [6.07, 6.45) is 4.91. The third-order valence-electron chi connectivity index (χ3n) is 3.04. The first-order chi connectivity index (χ1) is 9.54. The second-order valence-electron chi connectivity index (χ2n) is 4.51. The Hall–Kier alpha value is -1.99. The van der Waals surface area contributed by atoms with Crippen molar-refractivity contribution in [1.29, 1.82) is 0 Å². The summed E-state index contributed by atoms with van der Waals surface area (Å²) in [5, 5.41) is 0. The topological polar surface area (TPSA) is 72.4 Å². The molecule has 1 aliphatic heterocycles. The molecule has 0 spiro atoms. The molecule has 2 heterocycles. The van der Waals surface area contributed by atoms with Crippen LogP contribution in [-0.4, -0.2) is 31.4 Å². The lowest BCUT2D eigenvalue weighted by atomic mass is 10.0. The van der Waals surface area contributed by atoms with Gasteiger partial charge in [-0.3, -0.25) is 9.88 Å². The number of hydrogen-bond donors (Lipinski definition) is 0. The number of fused-ring (bicyclic) bond motifs is 2. The smallest absolute Gasteiger partial charge is 0.266 e. The second-order valence-corrected chi connectivity index (χ2v) is 6.16. The van der Waals surface area contributed by atoms with Crippen LogP contribution in [0.15, 0.2) is 36.7 Å². The van der Waals surface area contributed by atoms with Crippen molar-refractivity contribution in [1.82, 2.24) is 9.97 Å². The van der Waals surface area contributed by atoms with Gasteiger partial charge in [0.15, 0.2) is 5.82 Å². The van der Waals surface area contributed by atoms with Gasteiger partial charge in [-0.05, 0) is 11.6 Å². The first kappa shape index (κ1) is 13.0. The number of aromatic nitrogens is 2. The molecule has 20 heavy (non-hydrogen) atoms. The van der Waals surface area contributed by atoms with E-state index < -0.39 is 10.1 Å². The molecule has 0 bridgehead atoms. The molecule has 3 rings (SSSR count). The highest BCUT2D eigenvalue weighted by atomic mass is 32.2. The molecule has 0 radical (unpaired) electrons. The molecule has 0 amide bonds. The van der Waals surface area contributed by atoms with E-state index >= 15 is 0 Å². The van der Waals surface area contributed by atoms with Gasteiger partial charge in [-0.1, -0.05) is 18.2 Å². The van der Waals surface area contributed by atoms with E-state index in [1.54, 1.807) is 17.3 Å². The van der Waals surface area contributed by atoms with Gasteiger partial charge in [0.2, 0.25) is 0 Å². The first-order valence-electron chi connectivity index (χ1n) is 6.04. The van der Waals surface area contributed by atoms with E-state index in [1.807, 2.05) is 24.3 Å². The standard InChI is InChI=1S/C13H13N3O3S/c1-20(17,18)19-9-16-12-5-3-2-4-10(12)8-11-13(16)15-7-6-14-11/h2-7H,8-9H2,1H3. The number of nitrogens with zero attached hydrogens (tertiary/aromatic N) is 3. The summed E-state index contributed by atoms with van der Waals surface area (Å²) < 4.78 is 27.3. The Labute approximate surface area is 117 Å². The minimum absolute atomic E-state index is 0.110. The number of para-hydroxylation sites is 1. The van der Waals surface area contributed by atoms with Crippen LogP contribution in [0, 0.1) is 0 Å². The molecule has 7 heteroatoms. The molecule has 2 aromatic rings. The third-order valence-corrected chi connectivity index (χ3v) is 3.58. The van der Waals surface area contributed by atoms with E-state index in [9.17, 15) is 8.42 Å². The van der Waals surface area contributed by atoms with Crippen molar-refractivity contribution in [3.05, 3.63) is 47.9 Å². The van der Waals surface area contributed by atoms with Crippen LogP contribution in [0.5, 0.6) is 0 Å². The number of hydrogen-bond acceptors (Lipinski definition) is 6. The lowest BCUT2D eigenvalue weighted by molar-refractivity contribution is 0.328. The largest absolute Gasteiger partial charge is 0.299 e. The molecule has 1 aliphatic rings. The summed E-state index contributed by atoms with van der Waals surface area (Å²) in [6.45, 7) is -0.110. The van der Waals surface area contributed by atoms with E-state index in [-0.39, 0.29) is 6.73 Å². The average molecular weight is 291 g/mol. The highest BCUT2D eigenvalue weighted by Crippen LogP contribution is 2.35. The van der Waals surface area contributed by atoms with Crippen LogP contribution < -0.4 is 4.90 Å². The summed E-state index contributed by atoms with van der Waals surface area (Å²) in [5.74, 6) is 0.634. The number of anilines is 2. The maximum absolute atomic E-state index is 11.2. The van der Waals surface area contributed by atoms with Crippen molar-refractivity contribution in [3.63, 3.8) is 0 Å². The molecule has 0 unspecified atom stereocenters. The fourth-order valence-electron chi connectivity index (χ4n) is 2.21. The Morgan fingerprint density at radius 2 is 2.00 bits per heavy atom. The minimum Gasteiger partial charge on any atom is -0.299 e. The lowest BCUT2D eigenvalue weighted by Gasteiger charge is -2.30. The average Bonchev–Trinajstić information content (AvgIpc) is 2.42. The molecule has 0 fully saturated rings. The van der Waals surface area contributed by atoms with Gasteiger partial charge in [0.05, 0.1) is 11.9 Å². The number of benzene rings is 1. The van der Waals surface area contributed by atoms with E-state index in [0.29, 0.717) is 12.2 Å². The Balaban J connectivity index is 2.03. The van der Waals surface area contributed by atoms with Gasteiger partial charge in [0.25, 0.3) is 10.1 Å². The van der Waals surface area contributed by atoms with Crippen LogP contribution in [0.2, 0.25) is 0 Å². The zero-order valence-corrected chi connectivity index (χ0v) is 11.7. The summed E-state index contributed by atoms with van der Waals surface area (Å²) in [7, 11) is -3.52. The van der Waals surface area contributed by atoms with Crippen LogP contribution in [0.1, 0.15) is 11.3 Å². The lowest BCUT2D eigenvalue weighted by Crippen LogP contribution is -2.28. The predicted octanol–water partition coefficient (Wildman–Crippen LogP) is 1.45. The van der Waals surface area contributed by atoms with Crippen LogP contribution >= 0.6 is 0 Å². The minimum atomic E-state index is -3.52. The molecule has 1 aromatic carbocycles. The van der Waals surface area contributed by atoms with Crippen molar-refractivity contribution < 1.29 is 12.6 Å². The van der Waals surface area contributed by atoms with Gasteiger partial charge in [-0.25, -0.2) is 9.17 Å². The highest BCUT2D eigenvalue weighted by molar-refractivity contribution is 7.85. The number of rotatable bonds is 3. The molecule has 0 aliphatic carbocycles. The Bertz CT molecular complexity index is 701. The first-order valence-corrected chi connectivity index (χ1v) is 7.86. The van der Waals surface area contributed by atoms with Crippen LogP contribution in [0.4, 0.5) is 11.5 Å². The van der Waals surface area contributed by atoms with Crippen LogP contribution in [0.25, 0.3) is 0 Å². The highest BCUT2D eigenvalue weighted by Gasteiger charge is 2.25. The van der Waals surface area contributed by atoms with Crippen molar-refractivity contribution in [3.8, 4) is 0 Å². The van der Waals surface area contributed by atoms with Crippen molar-refractivity contribution in [2.75, 3.05) is 17.9 Å². The zero-order chi connectivity index (χ0) is 14.2. The monoisotopic (exact) mass is 291 g/mol. The summed E-state index contributed by atoms with van der Waals surface area (Å²) in [4.78, 5) is 10.3. The molecule has 0 atom stereocenters. The molecule has 0 saturated heterocycles. The fourth-order valence-corrected chi connectivity index (χ4v) is 2.50. The van der Waals surface area contributed by atoms with Gasteiger partial charge >= 0.3 is 0 Å². The normalized spacial score (nSPS) is 13.8. The predicted molar refractivity (Wildman–Crippen MR) is 74.2 cm³/mol. The maximum Gasteiger partial charge on any atom is 0.266 e. The van der Waals surface area contributed by atoms with Crippen LogP contribution in [-0.2, 0) is 20.7 Å². The second kappa shape index (κ2) is 4.84. The van der Waals surface area contributed by atoms with E-state index in [4.69, 9.17) is 4.18 Å². The van der Waals surface area contributed by atoms with Crippen molar-refractivity contribution >= 4 is 21.6 Å². The van der Waals surface area contributed by atoms with E-state index in [0.717, 1.165) is 23.2 Å². The van der Waals surface area contributed by atoms with Gasteiger partial charge in [-0.15, -0.1) is 0 Å². The maximum atomic E-state index is 11.2. The van der Waals surface area contributed by atoms with E-state index in [2.05, 4.69) is 9.97 Å². The third kappa shape index (κ3) is 2.50.